The summed E-state index contributed by atoms with van der Waals surface area (Å²) in [6.07, 6.45) is 1.81. The Balaban J connectivity index is 2.42. The standard InChI is InChI=1S/C14H19BrN2O2/c1-3-4-7-16-13(18)9-14(19)17-11-5-6-12(15)10(2)8-11/h5-6,8H,3-4,7,9H2,1-2H3,(H,16,18)(H,17,19). The van der Waals surface area contributed by atoms with Crippen LogP contribution in [-0.4, -0.2) is 18.4 Å². The number of nitrogens with one attached hydrogen (secondary N) is 2. The second-order valence-corrected chi connectivity index (χ2v) is 5.25. The maximum absolute atomic E-state index is 11.7. The molecule has 2 amide bonds. The van der Waals surface area contributed by atoms with Gasteiger partial charge >= 0.3 is 0 Å². The summed E-state index contributed by atoms with van der Waals surface area (Å²) in [5, 5.41) is 5.42. The molecule has 0 fully saturated rings. The fraction of sp³-hybridized carbons (Fsp3) is 0.429. The summed E-state index contributed by atoms with van der Waals surface area (Å²) < 4.78 is 0.989. The third kappa shape index (κ3) is 5.87. The highest BCUT2D eigenvalue weighted by molar-refractivity contribution is 9.10. The lowest BCUT2D eigenvalue weighted by atomic mass is 10.2. The maximum atomic E-state index is 11.7. The van der Waals surface area contributed by atoms with Crippen LogP contribution in [0.3, 0.4) is 0 Å². The zero-order valence-electron chi connectivity index (χ0n) is 11.3. The topological polar surface area (TPSA) is 58.2 Å². The van der Waals surface area contributed by atoms with Gasteiger partial charge in [0.15, 0.2) is 0 Å². The number of amides is 2. The Hall–Kier alpha value is -1.36. The van der Waals surface area contributed by atoms with Gasteiger partial charge in [-0.15, -0.1) is 0 Å². The Morgan fingerprint density at radius 3 is 2.63 bits per heavy atom. The Morgan fingerprint density at radius 2 is 2.00 bits per heavy atom. The van der Waals surface area contributed by atoms with Crippen LogP contribution < -0.4 is 10.6 Å². The van der Waals surface area contributed by atoms with Gasteiger partial charge in [-0.05, 0) is 37.1 Å². The highest BCUT2D eigenvalue weighted by atomic mass is 79.9. The van der Waals surface area contributed by atoms with E-state index in [-0.39, 0.29) is 18.2 Å². The van der Waals surface area contributed by atoms with Gasteiger partial charge in [0.2, 0.25) is 11.8 Å². The molecule has 104 valence electrons. The Kier molecular flexibility index (Phi) is 6.56. The predicted molar refractivity (Wildman–Crippen MR) is 80.0 cm³/mol. The van der Waals surface area contributed by atoms with Gasteiger partial charge in [0.1, 0.15) is 6.42 Å². The summed E-state index contributed by atoms with van der Waals surface area (Å²) in [5.74, 6) is -0.532. The molecule has 1 aromatic rings. The van der Waals surface area contributed by atoms with E-state index in [1.165, 1.54) is 0 Å². The Bertz CT molecular complexity index is 461. The summed E-state index contributed by atoms with van der Waals surface area (Å²) in [7, 11) is 0. The molecule has 0 heterocycles. The van der Waals surface area contributed by atoms with Crippen LogP contribution in [0.4, 0.5) is 5.69 Å². The van der Waals surface area contributed by atoms with Gasteiger partial charge in [0.25, 0.3) is 0 Å². The van der Waals surface area contributed by atoms with Gasteiger partial charge in [-0.25, -0.2) is 0 Å². The summed E-state index contributed by atoms with van der Waals surface area (Å²) in [5.41, 5.74) is 1.73. The summed E-state index contributed by atoms with van der Waals surface area (Å²) in [4.78, 5) is 23.1. The van der Waals surface area contributed by atoms with E-state index < -0.39 is 0 Å². The molecule has 19 heavy (non-hydrogen) atoms. The number of benzene rings is 1. The van der Waals surface area contributed by atoms with Crippen molar-refractivity contribution >= 4 is 33.4 Å². The van der Waals surface area contributed by atoms with Gasteiger partial charge in [0.05, 0.1) is 0 Å². The first kappa shape index (κ1) is 15.7. The van der Waals surface area contributed by atoms with Crippen molar-refractivity contribution in [1.82, 2.24) is 5.32 Å². The van der Waals surface area contributed by atoms with Crippen LogP contribution >= 0.6 is 15.9 Å². The van der Waals surface area contributed by atoms with Crippen molar-refractivity contribution in [2.24, 2.45) is 0 Å². The largest absolute Gasteiger partial charge is 0.356 e. The highest BCUT2D eigenvalue weighted by Crippen LogP contribution is 2.19. The number of carbonyl (C=O) groups is 2. The van der Waals surface area contributed by atoms with Crippen molar-refractivity contribution in [2.75, 3.05) is 11.9 Å². The number of halogens is 1. The molecule has 1 aromatic carbocycles. The predicted octanol–water partition coefficient (Wildman–Crippen LogP) is 3.00. The molecule has 0 unspecified atom stereocenters. The van der Waals surface area contributed by atoms with Crippen molar-refractivity contribution in [2.45, 2.75) is 33.1 Å². The van der Waals surface area contributed by atoms with E-state index in [1.807, 2.05) is 19.1 Å². The first-order chi connectivity index (χ1) is 9.02. The molecule has 2 N–H and O–H groups in total. The van der Waals surface area contributed by atoms with Crippen LogP contribution in [-0.2, 0) is 9.59 Å². The average Bonchev–Trinajstić information content (AvgIpc) is 2.34. The van der Waals surface area contributed by atoms with Gasteiger partial charge in [-0.1, -0.05) is 29.3 Å². The van der Waals surface area contributed by atoms with E-state index in [9.17, 15) is 9.59 Å². The molecule has 0 spiro atoms. The second-order valence-electron chi connectivity index (χ2n) is 4.39. The van der Waals surface area contributed by atoms with Crippen molar-refractivity contribution in [3.05, 3.63) is 28.2 Å². The van der Waals surface area contributed by atoms with Crippen molar-refractivity contribution in [3.8, 4) is 0 Å². The second kappa shape index (κ2) is 7.94. The van der Waals surface area contributed by atoms with Crippen molar-refractivity contribution in [1.29, 1.82) is 0 Å². The minimum atomic E-state index is -0.296. The zero-order valence-corrected chi connectivity index (χ0v) is 12.8. The molecule has 5 heteroatoms. The molecular formula is C14H19BrN2O2. The first-order valence-electron chi connectivity index (χ1n) is 6.35. The Morgan fingerprint density at radius 1 is 1.26 bits per heavy atom. The van der Waals surface area contributed by atoms with Crippen LogP contribution in [0.5, 0.6) is 0 Å². The molecule has 0 radical (unpaired) electrons. The molecule has 1 rings (SSSR count). The molecule has 0 aliphatic carbocycles. The lowest BCUT2D eigenvalue weighted by molar-refractivity contribution is -0.126. The number of hydrogen-bond acceptors (Lipinski definition) is 2. The number of unbranched alkanes of at least 4 members (excludes halogenated alkanes) is 1. The molecule has 0 saturated heterocycles. The molecular weight excluding hydrogens is 308 g/mol. The van der Waals surface area contributed by atoms with Crippen LogP contribution in [0.2, 0.25) is 0 Å². The summed E-state index contributed by atoms with van der Waals surface area (Å²) in [6, 6.07) is 5.52. The molecule has 0 aromatic heterocycles. The van der Waals surface area contributed by atoms with Gasteiger partial charge in [-0.2, -0.15) is 0 Å². The minimum Gasteiger partial charge on any atom is -0.356 e. The van der Waals surface area contributed by atoms with E-state index in [0.29, 0.717) is 12.2 Å². The van der Waals surface area contributed by atoms with E-state index >= 15 is 0 Å². The van der Waals surface area contributed by atoms with E-state index in [1.54, 1.807) is 6.07 Å². The smallest absolute Gasteiger partial charge is 0.233 e. The quantitative estimate of drug-likeness (QED) is 0.623. The van der Waals surface area contributed by atoms with Gasteiger partial charge in [0, 0.05) is 16.7 Å². The van der Waals surface area contributed by atoms with Crippen LogP contribution in [0, 0.1) is 6.92 Å². The number of anilines is 1. The molecule has 0 atom stereocenters. The Labute approximate surface area is 122 Å². The summed E-state index contributed by atoms with van der Waals surface area (Å²) >= 11 is 3.39. The first-order valence-corrected chi connectivity index (χ1v) is 7.15. The number of carbonyl (C=O) groups excluding carboxylic acids is 2. The lowest BCUT2D eigenvalue weighted by Crippen LogP contribution is -2.28. The van der Waals surface area contributed by atoms with Crippen LogP contribution in [0.15, 0.2) is 22.7 Å². The SMILES string of the molecule is CCCCNC(=O)CC(=O)Nc1ccc(Br)c(C)c1. The van der Waals surface area contributed by atoms with Crippen molar-refractivity contribution in [3.63, 3.8) is 0 Å². The molecule has 4 nitrogen and oxygen atoms in total. The van der Waals surface area contributed by atoms with Gasteiger partial charge < -0.3 is 10.6 Å². The van der Waals surface area contributed by atoms with E-state index in [2.05, 4.69) is 33.5 Å². The maximum Gasteiger partial charge on any atom is 0.233 e. The third-order valence-electron chi connectivity index (χ3n) is 2.62. The molecule has 0 saturated carbocycles. The van der Waals surface area contributed by atoms with Crippen LogP contribution in [0.25, 0.3) is 0 Å². The van der Waals surface area contributed by atoms with E-state index in [4.69, 9.17) is 0 Å². The van der Waals surface area contributed by atoms with Crippen LogP contribution in [0.1, 0.15) is 31.7 Å². The fourth-order valence-corrected chi connectivity index (χ4v) is 1.79. The summed E-state index contributed by atoms with van der Waals surface area (Å²) in [6.45, 7) is 4.62. The molecule has 0 bridgehead atoms. The fourth-order valence-electron chi connectivity index (χ4n) is 1.54. The van der Waals surface area contributed by atoms with Crippen molar-refractivity contribution < 1.29 is 9.59 Å². The number of rotatable bonds is 6. The lowest BCUT2D eigenvalue weighted by Gasteiger charge is -2.07. The number of aryl methyl sites for hydroxylation is 1. The normalized spacial score (nSPS) is 10.1. The minimum absolute atomic E-state index is 0.140. The molecule has 0 aliphatic heterocycles. The monoisotopic (exact) mass is 326 g/mol. The van der Waals surface area contributed by atoms with Gasteiger partial charge in [-0.3, -0.25) is 9.59 Å². The number of hydrogen-bond donors (Lipinski definition) is 2. The molecule has 0 aliphatic rings. The highest BCUT2D eigenvalue weighted by Gasteiger charge is 2.09. The third-order valence-corrected chi connectivity index (χ3v) is 3.51. The average molecular weight is 327 g/mol. The zero-order chi connectivity index (χ0) is 14.3. The van der Waals surface area contributed by atoms with E-state index in [0.717, 1.165) is 22.9 Å².